The van der Waals surface area contributed by atoms with Crippen molar-refractivity contribution in [2.75, 3.05) is 12.4 Å². The van der Waals surface area contributed by atoms with Crippen LogP contribution in [0.2, 0.25) is 0 Å². The molecule has 0 aliphatic heterocycles. The maximum atomic E-state index is 12.4. The number of nitro benzene ring substituents is 1. The average Bonchev–Trinajstić information content (AvgIpc) is 2.98. The molecule has 1 N–H and O–H groups in total. The Labute approximate surface area is 148 Å². The number of methoxy groups -OCH3 is 1. The molecule has 0 aliphatic carbocycles. The molecule has 0 saturated heterocycles. The number of anilines is 1. The van der Waals surface area contributed by atoms with Crippen LogP contribution in [0.4, 0.5) is 11.4 Å². The number of non-ortho nitro benzene ring substituents is 1. The van der Waals surface area contributed by atoms with Crippen LogP contribution in [0.25, 0.3) is 11.0 Å². The molecule has 1 aromatic heterocycles. The van der Waals surface area contributed by atoms with Crippen LogP contribution in [0.5, 0.6) is 5.75 Å². The summed E-state index contributed by atoms with van der Waals surface area (Å²) in [5, 5.41) is 18.3. The van der Waals surface area contributed by atoms with E-state index in [4.69, 9.17) is 9.26 Å². The Hall–Kier alpha value is -3.42. The molecule has 0 unspecified atom stereocenters. The van der Waals surface area contributed by atoms with Gasteiger partial charge < -0.3 is 14.6 Å². The highest BCUT2D eigenvalue weighted by Crippen LogP contribution is 2.29. The predicted octanol–water partition coefficient (Wildman–Crippen LogP) is 3.54. The van der Waals surface area contributed by atoms with E-state index < -0.39 is 4.92 Å². The van der Waals surface area contributed by atoms with E-state index in [-0.39, 0.29) is 23.8 Å². The van der Waals surface area contributed by atoms with Gasteiger partial charge >= 0.3 is 0 Å². The van der Waals surface area contributed by atoms with Crippen molar-refractivity contribution >= 4 is 28.3 Å². The summed E-state index contributed by atoms with van der Waals surface area (Å²) in [5.74, 6) is -0.115. The zero-order valence-corrected chi connectivity index (χ0v) is 14.5. The molecular formula is C18H17N3O5. The fourth-order valence-corrected chi connectivity index (χ4v) is 2.81. The van der Waals surface area contributed by atoms with Gasteiger partial charge in [0.1, 0.15) is 11.4 Å². The molecule has 2 aromatic carbocycles. The second-order valence-electron chi connectivity index (χ2n) is 5.95. The van der Waals surface area contributed by atoms with E-state index in [1.807, 2.05) is 26.0 Å². The number of ether oxygens (including phenoxy) is 1. The summed E-state index contributed by atoms with van der Waals surface area (Å²) < 4.78 is 10.5. The molecule has 0 saturated carbocycles. The van der Waals surface area contributed by atoms with Gasteiger partial charge in [-0.15, -0.1) is 0 Å². The highest BCUT2D eigenvalue weighted by molar-refractivity contribution is 5.96. The Morgan fingerprint density at radius 3 is 2.77 bits per heavy atom. The molecule has 1 heterocycles. The highest BCUT2D eigenvalue weighted by Gasteiger charge is 2.17. The molecule has 3 aromatic rings. The Balaban J connectivity index is 1.83. The number of carbonyl (C=O) groups is 1. The van der Waals surface area contributed by atoms with Crippen LogP contribution in [-0.2, 0) is 11.2 Å². The van der Waals surface area contributed by atoms with E-state index in [0.29, 0.717) is 17.0 Å². The Bertz CT molecular complexity index is 1010. The third-order valence-electron chi connectivity index (χ3n) is 3.98. The van der Waals surface area contributed by atoms with Crippen molar-refractivity contribution in [3.8, 4) is 5.75 Å². The zero-order valence-electron chi connectivity index (χ0n) is 14.5. The standard InChI is InChI=1S/C18H17N3O5/c1-10-6-11(2)18-13(7-10)15(20-26-18)9-17(22)19-14-5-4-12(21(23)24)8-16(14)25-3/h4-8H,9H2,1-3H3,(H,19,22). The molecule has 0 bridgehead atoms. The maximum Gasteiger partial charge on any atom is 0.273 e. The maximum absolute atomic E-state index is 12.4. The first kappa shape index (κ1) is 17.4. The number of nitrogens with one attached hydrogen (secondary N) is 1. The number of benzene rings is 2. The van der Waals surface area contributed by atoms with Gasteiger partial charge in [0.05, 0.1) is 30.2 Å². The smallest absolute Gasteiger partial charge is 0.273 e. The molecule has 26 heavy (non-hydrogen) atoms. The summed E-state index contributed by atoms with van der Waals surface area (Å²) >= 11 is 0. The van der Waals surface area contributed by atoms with Gasteiger partial charge in [0.15, 0.2) is 5.58 Å². The number of rotatable bonds is 5. The van der Waals surface area contributed by atoms with Gasteiger partial charge in [-0.25, -0.2) is 0 Å². The fraction of sp³-hybridized carbons (Fsp3) is 0.222. The molecule has 0 spiro atoms. The van der Waals surface area contributed by atoms with Gasteiger partial charge in [-0.3, -0.25) is 14.9 Å². The van der Waals surface area contributed by atoms with E-state index in [2.05, 4.69) is 10.5 Å². The lowest BCUT2D eigenvalue weighted by Crippen LogP contribution is -2.15. The molecule has 0 radical (unpaired) electrons. The number of carbonyl (C=O) groups excluding carboxylic acids is 1. The molecule has 8 nitrogen and oxygen atoms in total. The molecular weight excluding hydrogens is 338 g/mol. The summed E-state index contributed by atoms with van der Waals surface area (Å²) in [4.78, 5) is 22.7. The first-order valence-electron chi connectivity index (χ1n) is 7.87. The van der Waals surface area contributed by atoms with Crippen LogP contribution < -0.4 is 10.1 Å². The van der Waals surface area contributed by atoms with Gasteiger partial charge in [-0.2, -0.15) is 0 Å². The Morgan fingerprint density at radius 1 is 1.31 bits per heavy atom. The zero-order chi connectivity index (χ0) is 18.8. The number of amides is 1. The normalized spacial score (nSPS) is 10.7. The van der Waals surface area contributed by atoms with Crippen molar-refractivity contribution in [2.45, 2.75) is 20.3 Å². The predicted molar refractivity (Wildman–Crippen MR) is 95.5 cm³/mol. The number of nitrogens with zero attached hydrogens (tertiary/aromatic N) is 2. The van der Waals surface area contributed by atoms with Crippen LogP contribution in [0, 0.1) is 24.0 Å². The average molecular weight is 355 g/mol. The lowest BCUT2D eigenvalue weighted by atomic mass is 10.1. The van der Waals surface area contributed by atoms with Gasteiger partial charge in [-0.1, -0.05) is 11.2 Å². The summed E-state index contributed by atoms with van der Waals surface area (Å²) in [5.41, 5.74) is 3.43. The molecule has 3 rings (SSSR count). The molecule has 0 atom stereocenters. The lowest BCUT2D eigenvalue weighted by molar-refractivity contribution is -0.384. The third-order valence-corrected chi connectivity index (χ3v) is 3.98. The molecule has 0 aliphatic rings. The highest BCUT2D eigenvalue weighted by atomic mass is 16.6. The monoisotopic (exact) mass is 355 g/mol. The molecule has 1 amide bonds. The first-order chi connectivity index (χ1) is 12.4. The molecule has 134 valence electrons. The third kappa shape index (κ3) is 3.34. The number of aryl methyl sites for hydroxylation is 2. The van der Waals surface area contributed by atoms with Crippen LogP contribution in [0.1, 0.15) is 16.8 Å². The minimum Gasteiger partial charge on any atom is -0.494 e. The van der Waals surface area contributed by atoms with Gasteiger partial charge in [0, 0.05) is 11.5 Å². The molecule has 0 fully saturated rings. The quantitative estimate of drug-likeness (QED) is 0.554. The topological polar surface area (TPSA) is 108 Å². The van der Waals surface area contributed by atoms with Gasteiger partial charge in [0.25, 0.3) is 5.69 Å². The summed E-state index contributed by atoms with van der Waals surface area (Å²) in [7, 11) is 1.38. The molecule has 8 heteroatoms. The number of aromatic nitrogens is 1. The van der Waals surface area contributed by atoms with E-state index in [0.717, 1.165) is 16.5 Å². The van der Waals surface area contributed by atoms with Crippen molar-refractivity contribution in [2.24, 2.45) is 0 Å². The van der Waals surface area contributed by atoms with E-state index in [1.54, 1.807) is 0 Å². The number of hydrogen-bond donors (Lipinski definition) is 1. The largest absolute Gasteiger partial charge is 0.494 e. The number of hydrogen-bond acceptors (Lipinski definition) is 6. The van der Waals surface area contributed by atoms with Crippen molar-refractivity contribution in [1.82, 2.24) is 5.16 Å². The van der Waals surface area contributed by atoms with Crippen LogP contribution in [0.3, 0.4) is 0 Å². The van der Waals surface area contributed by atoms with Crippen molar-refractivity contribution < 1.29 is 19.0 Å². The SMILES string of the molecule is COc1cc([N+](=O)[O-])ccc1NC(=O)Cc1noc2c(C)cc(C)cc12. The van der Waals surface area contributed by atoms with Crippen LogP contribution >= 0.6 is 0 Å². The van der Waals surface area contributed by atoms with Crippen molar-refractivity contribution in [3.63, 3.8) is 0 Å². The van der Waals surface area contributed by atoms with Crippen LogP contribution in [-0.4, -0.2) is 23.1 Å². The number of fused-ring (bicyclic) bond motifs is 1. The second-order valence-corrected chi connectivity index (χ2v) is 5.95. The van der Waals surface area contributed by atoms with Crippen molar-refractivity contribution in [1.29, 1.82) is 0 Å². The second kappa shape index (κ2) is 6.83. The van der Waals surface area contributed by atoms with Crippen LogP contribution in [0.15, 0.2) is 34.9 Å². The van der Waals surface area contributed by atoms with Crippen molar-refractivity contribution in [3.05, 3.63) is 57.3 Å². The Kier molecular flexibility index (Phi) is 4.57. The first-order valence-corrected chi connectivity index (χ1v) is 7.87. The summed E-state index contributed by atoms with van der Waals surface area (Å²) in [6, 6.07) is 7.90. The van der Waals surface area contributed by atoms with Gasteiger partial charge in [-0.05, 0) is 37.1 Å². The minimum atomic E-state index is -0.527. The fourth-order valence-electron chi connectivity index (χ4n) is 2.81. The Morgan fingerprint density at radius 2 is 2.08 bits per heavy atom. The van der Waals surface area contributed by atoms with E-state index >= 15 is 0 Å². The number of nitro groups is 1. The minimum absolute atomic E-state index is 0.00996. The van der Waals surface area contributed by atoms with E-state index in [9.17, 15) is 14.9 Å². The van der Waals surface area contributed by atoms with E-state index in [1.165, 1.54) is 25.3 Å². The summed E-state index contributed by atoms with van der Waals surface area (Å²) in [6.07, 6.45) is 0.00996. The summed E-state index contributed by atoms with van der Waals surface area (Å²) in [6.45, 7) is 3.89. The lowest BCUT2D eigenvalue weighted by Gasteiger charge is -2.09. The van der Waals surface area contributed by atoms with Gasteiger partial charge in [0.2, 0.25) is 5.91 Å².